The monoisotopic (exact) mass is 283 g/mol. The minimum atomic E-state index is 0.667. The van der Waals surface area contributed by atoms with Crippen LogP contribution in [-0.4, -0.2) is 15.6 Å². The molecule has 1 saturated carbocycles. The minimum absolute atomic E-state index is 0.667. The summed E-state index contributed by atoms with van der Waals surface area (Å²) in [6.07, 6.45) is 7.32. The van der Waals surface area contributed by atoms with Gasteiger partial charge < -0.3 is 5.32 Å². The van der Waals surface area contributed by atoms with Crippen LogP contribution in [-0.2, 0) is 6.54 Å². The first-order valence-corrected chi connectivity index (χ1v) is 8.06. The number of nitrogens with zero attached hydrogens (tertiary/aromatic N) is 2. The maximum Gasteiger partial charge on any atom is 0.110 e. The molecule has 3 heteroatoms. The SMILES string of the molecule is Cc1ncc(CNC2CCC(C)CC2)n1-c1ccccc1. The Bertz CT molecular complexity index is 565. The third-order valence-corrected chi connectivity index (χ3v) is 4.61. The molecule has 0 atom stereocenters. The second-order valence-corrected chi connectivity index (χ2v) is 6.31. The Morgan fingerprint density at radius 1 is 1.14 bits per heavy atom. The van der Waals surface area contributed by atoms with E-state index >= 15 is 0 Å². The largest absolute Gasteiger partial charge is 0.308 e. The Kier molecular flexibility index (Phi) is 4.39. The van der Waals surface area contributed by atoms with Gasteiger partial charge in [-0.15, -0.1) is 0 Å². The van der Waals surface area contributed by atoms with Crippen molar-refractivity contribution in [3.8, 4) is 5.69 Å². The molecule has 0 saturated heterocycles. The number of aryl methyl sites for hydroxylation is 1. The molecule has 3 rings (SSSR count). The summed E-state index contributed by atoms with van der Waals surface area (Å²) in [4.78, 5) is 4.49. The Morgan fingerprint density at radius 2 is 1.86 bits per heavy atom. The Balaban J connectivity index is 1.69. The lowest BCUT2D eigenvalue weighted by Crippen LogP contribution is -2.32. The van der Waals surface area contributed by atoms with Crippen LogP contribution in [0.4, 0.5) is 0 Å². The molecule has 0 radical (unpaired) electrons. The Morgan fingerprint density at radius 3 is 2.57 bits per heavy atom. The fourth-order valence-electron chi connectivity index (χ4n) is 3.26. The average Bonchev–Trinajstić information content (AvgIpc) is 2.88. The fraction of sp³-hybridized carbons (Fsp3) is 0.500. The van der Waals surface area contributed by atoms with Gasteiger partial charge >= 0.3 is 0 Å². The van der Waals surface area contributed by atoms with Crippen molar-refractivity contribution in [1.29, 1.82) is 0 Å². The van der Waals surface area contributed by atoms with Crippen molar-refractivity contribution in [3.05, 3.63) is 48.0 Å². The van der Waals surface area contributed by atoms with E-state index in [1.54, 1.807) is 0 Å². The van der Waals surface area contributed by atoms with E-state index < -0.39 is 0 Å². The second-order valence-electron chi connectivity index (χ2n) is 6.31. The van der Waals surface area contributed by atoms with Crippen molar-refractivity contribution in [1.82, 2.24) is 14.9 Å². The molecule has 1 aliphatic carbocycles. The molecular formula is C18H25N3. The molecule has 1 fully saturated rings. The molecule has 2 aromatic rings. The van der Waals surface area contributed by atoms with Crippen LogP contribution in [0.3, 0.4) is 0 Å². The van der Waals surface area contributed by atoms with Gasteiger partial charge in [-0.25, -0.2) is 4.98 Å². The molecule has 0 bridgehead atoms. The first-order chi connectivity index (χ1) is 10.2. The summed E-state index contributed by atoms with van der Waals surface area (Å²) >= 11 is 0. The van der Waals surface area contributed by atoms with Crippen molar-refractivity contribution in [2.75, 3.05) is 0 Å². The normalized spacial score (nSPS) is 22.4. The first kappa shape index (κ1) is 14.3. The van der Waals surface area contributed by atoms with Crippen LogP contribution >= 0.6 is 0 Å². The fourth-order valence-corrected chi connectivity index (χ4v) is 3.26. The molecular weight excluding hydrogens is 258 g/mol. The second kappa shape index (κ2) is 6.44. The predicted octanol–water partition coefficient (Wildman–Crippen LogP) is 3.85. The summed E-state index contributed by atoms with van der Waals surface area (Å²) in [5.41, 5.74) is 2.44. The third kappa shape index (κ3) is 3.35. The van der Waals surface area contributed by atoms with E-state index in [0.717, 1.165) is 18.3 Å². The van der Waals surface area contributed by atoms with Crippen LogP contribution in [0.15, 0.2) is 36.5 Å². The summed E-state index contributed by atoms with van der Waals surface area (Å²) in [5.74, 6) is 1.95. The van der Waals surface area contributed by atoms with Gasteiger partial charge in [-0.2, -0.15) is 0 Å². The lowest BCUT2D eigenvalue weighted by atomic mass is 9.87. The molecule has 1 aliphatic rings. The van der Waals surface area contributed by atoms with E-state index in [2.05, 4.69) is 59.0 Å². The highest BCUT2D eigenvalue weighted by Gasteiger charge is 2.18. The summed E-state index contributed by atoms with van der Waals surface area (Å²) in [6, 6.07) is 11.2. The maximum atomic E-state index is 4.49. The smallest absolute Gasteiger partial charge is 0.110 e. The molecule has 1 aromatic carbocycles. The molecule has 0 spiro atoms. The van der Waals surface area contributed by atoms with E-state index in [4.69, 9.17) is 0 Å². The van der Waals surface area contributed by atoms with Crippen molar-refractivity contribution in [2.45, 2.75) is 52.1 Å². The van der Waals surface area contributed by atoms with E-state index in [1.165, 1.54) is 37.1 Å². The summed E-state index contributed by atoms with van der Waals surface area (Å²) in [6.45, 7) is 5.33. The summed E-state index contributed by atoms with van der Waals surface area (Å²) in [5, 5.41) is 3.72. The van der Waals surface area contributed by atoms with E-state index in [0.29, 0.717) is 6.04 Å². The number of aromatic nitrogens is 2. The van der Waals surface area contributed by atoms with E-state index in [1.807, 2.05) is 6.20 Å². The maximum absolute atomic E-state index is 4.49. The highest BCUT2D eigenvalue weighted by atomic mass is 15.1. The lowest BCUT2D eigenvalue weighted by Gasteiger charge is -2.27. The van der Waals surface area contributed by atoms with Crippen LogP contribution in [0.1, 0.15) is 44.1 Å². The average molecular weight is 283 g/mol. The Hall–Kier alpha value is -1.61. The first-order valence-electron chi connectivity index (χ1n) is 8.06. The van der Waals surface area contributed by atoms with Gasteiger partial charge in [-0.05, 0) is 50.7 Å². The van der Waals surface area contributed by atoms with Crippen LogP contribution in [0.2, 0.25) is 0 Å². The lowest BCUT2D eigenvalue weighted by molar-refractivity contribution is 0.305. The molecule has 0 unspecified atom stereocenters. The van der Waals surface area contributed by atoms with Gasteiger partial charge in [-0.1, -0.05) is 25.1 Å². The van der Waals surface area contributed by atoms with Gasteiger partial charge in [0.25, 0.3) is 0 Å². The van der Waals surface area contributed by atoms with Gasteiger partial charge in [-0.3, -0.25) is 4.57 Å². The summed E-state index contributed by atoms with van der Waals surface area (Å²) in [7, 11) is 0. The zero-order valence-electron chi connectivity index (χ0n) is 13.0. The Labute approximate surface area is 127 Å². The number of hydrogen-bond acceptors (Lipinski definition) is 2. The van der Waals surface area contributed by atoms with Crippen LogP contribution in [0, 0.1) is 12.8 Å². The molecule has 1 heterocycles. The van der Waals surface area contributed by atoms with Crippen molar-refractivity contribution in [3.63, 3.8) is 0 Å². The number of nitrogens with one attached hydrogen (secondary N) is 1. The van der Waals surface area contributed by atoms with Gasteiger partial charge in [0, 0.05) is 18.3 Å². The van der Waals surface area contributed by atoms with E-state index in [-0.39, 0.29) is 0 Å². The molecule has 0 aliphatic heterocycles. The highest BCUT2D eigenvalue weighted by molar-refractivity contribution is 5.35. The van der Waals surface area contributed by atoms with E-state index in [9.17, 15) is 0 Å². The number of hydrogen-bond donors (Lipinski definition) is 1. The molecule has 21 heavy (non-hydrogen) atoms. The van der Waals surface area contributed by atoms with Gasteiger partial charge in [0.1, 0.15) is 5.82 Å². The third-order valence-electron chi connectivity index (χ3n) is 4.61. The van der Waals surface area contributed by atoms with Crippen molar-refractivity contribution >= 4 is 0 Å². The van der Waals surface area contributed by atoms with Crippen molar-refractivity contribution < 1.29 is 0 Å². The van der Waals surface area contributed by atoms with Gasteiger partial charge in [0.05, 0.1) is 11.9 Å². The van der Waals surface area contributed by atoms with Crippen LogP contribution < -0.4 is 5.32 Å². The topological polar surface area (TPSA) is 29.9 Å². The number of imidazole rings is 1. The van der Waals surface area contributed by atoms with Crippen molar-refractivity contribution in [2.24, 2.45) is 5.92 Å². The van der Waals surface area contributed by atoms with Crippen LogP contribution in [0.25, 0.3) is 5.69 Å². The predicted molar refractivity (Wildman–Crippen MR) is 86.6 cm³/mol. The van der Waals surface area contributed by atoms with Crippen LogP contribution in [0.5, 0.6) is 0 Å². The summed E-state index contributed by atoms with van der Waals surface area (Å²) < 4.78 is 2.25. The zero-order valence-corrected chi connectivity index (χ0v) is 13.0. The molecule has 1 N–H and O–H groups in total. The molecule has 3 nitrogen and oxygen atoms in total. The quantitative estimate of drug-likeness (QED) is 0.923. The number of rotatable bonds is 4. The van der Waals surface area contributed by atoms with Gasteiger partial charge in [0.15, 0.2) is 0 Å². The van der Waals surface area contributed by atoms with Gasteiger partial charge in [0.2, 0.25) is 0 Å². The number of para-hydroxylation sites is 1. The molecule has 0 amide bonds. The standard InChI is InChI=1S/C18H25N3/c1-14-8-10-16(11-9-14)20-13-18-12-19-15(2)21(18)17-6-4-3-5-7-17/h3-7,12,14,16,20H,8-11,13H2,1-2H3. The minimum Gasteiger partial charge on any atom is -0.308 e. The number of benzene rings is 1. The highest BCUT2D eigenvalue weighted by Crippen LogP contribution is 2.24. The molecule has 1 aromatic heterocycles. The molecule has 112 valence electrons. The zero-order chi connectivity index (χ0) is 14.7.